The van der Waals surface area contributed by atoms with E-state index in [1.165, 1.54) is 11.1 Å². The van der Waals surface area contributed by atoms with Gasteiger partial charge in [0.25, 0.3) is 0 Å². The van der Waals surface area contributed by atoms with Crippen LogP contribution in [-0.4, -0.2) is 35.1 Å². The summed E-state index contributed by atoms with van der Waals surface area (Å²) in [7, 11) is 0. The second-order valence-corrected chi connectivity index (χ2v) is 5.12. The molecule has 1 heterocycles. The summed E-state index contributed by atoms with van der Waals surface area (Å²) in [6.45, 7) is 3.93. The number of carbonyl (C=O) groups is 1. The third-order valence-corrected chi connectivity index (χ3v) is 3.69. The van der Waals surface area contributed by atoms with Crippen molar-refractivity contribution >= 4 is 5.97 Å². The molecule has 1 aromatic rings. The largest absolute Gasteiger partial charge is 0.480 e. The molecule has 1 saturated heterocycles. The zero-order chi connectivity index (χ0) is 13.0. The van der Waals surface area contributed by atoms with Gasteiger partial charge in [0.2, 0.25) is 0 Å². The van der Waals surface area contributed by atoms with Gasteiger partial charge < -0.3 is 5.11 Å². The predicted molar refractivity (Wildman–Crippen MR) is 71.7 cm³/mol. The summed E-state index contributed by atoms with van der Waals surface area (Å²) in [5.41, 5.74) is 2.47. The van der Waals surface area contributed by atoms with E-state index in [0.717, 1.165) is 32.4 Å². The van der Waals surface area contributed by atoms with Crippen molar-refractivity contribution in [2.45, 2.75) is 38.6 Å². The first-order valence-corrected chi connectivity index (χ1v) is 6.69. The molecule has 1 fully saturated rings. The number of nitrogens with zero attached hydrogens (tertiary/aromatic N) is 1. The Morgan fingerprint density at radius 1 is 1.28 bits per heavy atom. The number of aryl methyl sites for hydroxylation is 2. The first-order valence-electron chi connectivity index (χ1n) is 6.69. The lowest BCUT2D eigenvalue weighted by molar-refractivity contribution is -0.143. The Bertz CT molecular complexity index is 393. The third-order valence-electron chi connectivity index (χ3n) is 3.69. The smallest absolute Gasteiger partial charge is 0.320 e. The van der Waals surface area contributed by atoms with Crippen LogP contribution in [0.3, 0.4) is 0 Å². The molecule has 0 saturated carbocycles. The van der Waals surface area contributed by atoms with Gasteiger partial charge in [-0.05, 0) is 51.3 Å². The van der Waals surface area contributed by atoms with Crippen molar-refractivity contribution < 1.29 is 9.90 Å². The molecule has 0 radical (unpaired) electrons. The Morgan fingerprint density at radius 3 is 2.44 bits per heavy atom. The van der Waals surface area contributed by atoms with Gasteiger partial charge in [0.15, 0.2) is 0 Å². The van der Waals surface area contributed by atoms with Crippen molar-refractivity contribution in [1.82, 2.24) is 4.90 Å². The monoisotopic (exact) mass is 247 g/mol. The molecule has 0 amide bonds. The minimum absolute atomic E-state index is 0.311. The van der Waals surface area contributed by atoms with Crippen molar-refractivity contribution in [3.05, 3.63) is 35.4 Å². The summed E-state index contributed by atoms with van der Waals surface area (Å²) < 4.78 is 0. The molecule has 3 heteroatoms. The second kappa shape index (κ2) is 6.01. The van der Waals surface area contributed by atoms with E-state index in [-0.39, 0.29) is 6.04 Å². The first kappa shape index (κ1) is 13.1. The van der Waals surface area contributed by atoms with Crippen molar-refractivity contribution in [1.29, 1.82) is 0 Å². The van der Waals surface area contributed by atoms with E-state index in [0.29, 0.717) is 6.42 Å². The lowest BCUT2D eigenvalue weighted by atomic mass is 10.0. The van der Waals surface area contributed by atoms with Crippen LogP contribution >= 0.6 is 0 Å². The van der Waals surface area contributed by atoms with Gasteiger partial charge in [-0.2, -0.15) is 0 Å². The van der Waals surface area contributed by atoms with Crippen LogP contribution in [0.5, 0.6) is 0 Å². The number of rotatable bonds is 5. The number of likely N-dealkylation sites (tertiary alicyclic amines) is 1. The Labute approximate surface area is 108 Å². The van der Waals surface area contributed by atoms with Crippen LogP contribution in [0, 0.1) is 6.92 Å². The molecule has 98 valence electrons. The van der Waals surface area contributed by atoms with Gasteiger partial charge in [0.1, 0.15) is 6.04 Å². The van der Waals surface area contributed by atoms with Gasteiger partial charge in [-0.15, -0.1) is 0 Å². The molecule has 0 bridgehead atoms. The van der Waals surface area contributed by atoms with E-state index >= 15 is 0 Å². The number of benzene rings is 1. The van der Waals surface area contributed by atoms with E-state index in [2.05, 4.69) is 36.1 Å². The van der Waals surface area contributed by atoms with Gasteiger partial charge in [-0.1, -0.05) is 29.8 Å². The van der Waals surface area contributed by atoms with Gasteiger partial charge >= 0.3 is 5.97 Å². The molecule has 1 atom stereocenters. The van der Waals surface area contributed by atoms with Crippen LogP contribution in [0.4, 0.5) is 0 Å². The molecule has 0 aliphatic carbocycles. The SMILES string of the molecule is Cc1ccc(CCC(C(=O)O)N2CCCC2)cc1. The van der Waals surface area contributed by atoms with E-state index in [4.69, 9.17) is 0 Å². The Balaban J connectivity index is 1.93. The molecule has 1 aliphatic heterocycles. The zero-order valence-corrected chi connectivity index (χ0v) is 10.9. The molecule has 1 unspecified atom stereocenters. The maximum Gasteiger partial charge on any atom is 0.320 e. The average Bonchev–Trinajstić information content (AvgIpc) is 2.85. The Hall–Kier alpha value is -1.35. The fourth-order valence-electron chi connectivity index (χ4n) is 2.57. The Kier molecular flexibility index (Phi) is 4.37. The quantitative estimate of drug-likeness (QED) is 0.869. The van der Waals surface area contributed by atoms with Crippen LogP contribution in [0.1, 0.15) is 30.4 Å². The zero-order valence-electron chi connectivity index (χ0n) is 10.9. The summed E-state index contributed by atoms with van der Waals surface area (Å²) in [6.07, 6.45) is 3.81. The molecule has 1 aromatic carbocycles. The predicted octanol–water partition coefficient (Wildman–Crippen LogP) is 2.48. The van der Waals surface area contributed by atoms with Crippen LogP contribution in [0.25, 0.3) is 0 Å². The van der Waals surface area contributed by atoms with Crippen molar-refractivity contribution in [2.24, 2.45) is 0 Å². The number of aliphatic carboxylic acids is 1. The van der Waals surface area contributed by atoms with E-state index in [1.54, 1.807) is 0 Å². The van der Waals surface area contributed by atoms with Gasteiger partial charge in [-0.3, -0.25) is 9.69 Å². The van der Waals surface area contributed by atoms with Crippen LogP contribution < -0.4 is 0 Å². The number of hydrogen-bond acceptors (Lipinski definition) is 2. The fraction of sp³-hybridized carbons (Fsp3) is 0.533. The molecule has 1 N–H and O–H groups in total. The second-order valence-electron chi connectivity index (χ2n) is 5.12. The van der Waals surface area contributed by atoms with E-state index < -0.39 is 5.97 Å². The maximum absolute atomic E-state index is 11.3. The summed E-state index contributed by atoms with van der Waals surface area (Å²) in [6, 6.07) is 8.05. The molecule has 0 aromatic heterocycles. The minimum Gasteiger partial charge on any atom is -0.480 e. The van der Waals surface area contributed by atoms with Gasteiger partial charge in [-0.25, -0.2) is 0 Å². The average molecular weight is 247 g/mol. The van der Waals surface area contributed by atoms with E-state index in [1.807, 2.05) is 0 Å². The standard InChI is InChI=1S/C15H21NO2/c1-12-4-6-13(7-5-12)8-9-14(15(17)18)16-10-2-3-11-16/h4-7,14H,2-3,8-11H2,1H3,(H,17,18). The number of carboxylic acids is 1. The summed E-state index contributed by atoms with van der Waals surface area (Å²) in [5.74, 6) is -0.677. The lowest BCUT2D eigenvalue weighted by Crippen LogP contribution is -2.39. The molecule has 3 nitrogen and oxygen atoms in total. The van der Waals surface area contributed by atoms with Crippen molar-refractivity contribution in [2.75, 3.05) is 13.1 Å². The summed E-state index contributed by atoms with van der Waals surface area (Å²) in [4.78, 5) is 13.4. The molecule has 1 aliphatic rings. The highest BCUT2D eigenvalue weighted by Gasteiger charge is 2.27. The van der Waals surface area contributed by atoms with Crippen LogP contribution in [-0.2, 0) is 11.2 Å². The van der Waals surface area contributed by atoms with Crippen LogP contribution in [0.2, 0.25) is 0 Å². The highest BCUT2D eigenvalue weighted by Crippen LogP contribution is 2.17. The van der Waals surface area contributed by atoms with Crippen molar-refractivity contribution in [3.63, 3.8) is 0 Å². The number of carboxylic acid groups (broad SMARTS) is 1. The molecule has 0 spiro atoms. The highest BCUT2D eigenvalue weighted by molar-refractivity contribution is 5.73. The molecular weight excluding hydrogens is 226 g/mol. The maximum atomic E-state index is 11.3. The van der Waals surface area contributed by atoms with E-state index in [9.17, 15) is 9.90 Å². The first-order chi connectivity index (χ1) is 8.66. The third kappa shape index (κ3) is 3.33. The minimum atomic E-state index is -0.677. The topological polar surface area (TPSA) is 40.5 Å². The molecule has 18 heavy (non-hydrogen) atoms. The highest BCUT2D eigenvalue weighted by atomic mass is 16.4. The van der Waals surface area contributed by atoms with Crippen molar-refractivity contribution in [3.8, 4) is 0 Å². The van der Waals surface area contributed by atoms with Gasteiger partial charge in [0.05, 0.1) is 0 Å². The summed E-state index contributed by atoms with van der Waals surface area (Å²) in [5, 5.41) is 9.31. The normalized spacial score (nSPS) is 17.8. The van der Waals surface area contributed by atoms with Gasteiger partial charge in [0, 0.05) is 0 Å². The molecular formula is C15H21NO2. The Morgan fingerprint density at radius 2 is 1.89 bits per heavy atom. The van der Waals surface area contributed by atoms with Crippen LogP contribution in [0.15, 0.2) is 24.3 Å². The number of hydrogen-bond donors (Lipinski definition) is 1. The lowest BCUT2D eigenvalue weighted by Gasteiger charge is -2.23. The fourth-order valence-corrected chi connectivity index (χ4v) is 2.57. The summed E-state index contributed by atoms with van der Waals surface area (Å²) >= 11 is 0. The molecule has 2 rings (SSSR count).